The second-order valence-corrected chi connectivity index (χ2v) is 5.08. The van der Waals surface area contributed by atoms with Crippen LogP contribution in [0.4, 0.5) is 5.69 Å². The minimum absolute atomic E-state index is 0.489. The highest BCUT2D eigenvalue weighted by Crippen LogP contribution is 2.29. The highest BCUT2D eigenvalue weighted by atomic mass is 32.2. The van der Waals surface area contributed by atoms with Crippen LogP contribution in [0.1, 0.15) is 5.56 Å². The molecule has 0 spiro atoms. The molecule has 0 amide bonds. The Morgan fingerprint density at radius 2 is 2.05 bits per heavy atom. The Hall–Kier alpha value is -2.45. The summed E-state index contributed by atoms with van der Waals surface area (Å²) >= 11 is 1.49. The highest BCUT2D eigenvalue weighted by molar-refractivity contribution is 7.99. The first-order valence-electron chi connectivity index (χ1n) is 5.68. The van der Waals surface area contributed by atoms with Gasteiger partial charge in [-0.2, -0.15) is 5.26 Å². The third-order valence-electron chi connectivity index (χ3n) is 2.73. The number of nitrogens with one attached hydrogen (secondary N) is 1. The van der Waals surface area contributed by atoms with E-state index in [4.69, 9.17) is 11.0 Å². The van der Waals surface area contributed by atoms with Gasteiger partial charge < -0.3 is 10.7 Å². The van der Waals surface area contributed by atoms with Crippen LogP contribution >= 0.6 is 11.8 Å². The lowest BCUT2D eigenvalue weighted by Crippen LogP contribution is -1.90. The van der Waals surface area contributed by atoms with Gasteiger partial charge >= 0.3 is 0 Å². The molecule has 0 fully saturated rings. The standard InChI is InChI=1S/C14H10N4S/c15-8-9-5-6-10(7-11(9)16)19-14-17-12-3-1-2-4-13(12)18-14/h1-7H,16H2,(H,17,18). The fourth-order valence-corrected chi connectivity index (χ4v) is 2.65. The molecule has 0 saturated carbocycles. The zero-order valence-electron chi connectivity index (χ0n) is 9.92. The molecule has 0 aliphatic carbocycles. The average molecular weight is 266 g/mol. The van der Waals surface area contributed by atoms with Gasteiger partial charge in [-0.15, -0.1) is 0 Å². The largest absolute Gasteiger partial charge is 0.398 e. The summed E-state index contributed by atoms with van der Waals surface area (Å²) in [5.41, 5.74) is 8.72. The summed E-state index contributed by atoms with van der Waals surface area (Å²) in [6.07, 6.45) is 0. The Labute approximate surface area is 114 Å². The van der Waals surface area contributed by atoms with Gasteiger partial charge in [0.25, 0.3) is 0 Å². The van der Waals surface area contributed by atoms with Crippen molar-refractivity contribution < 1.29 is 0 Å². The number of hydrogen-bond acceptors (Lipinski definition) is 4. The molecule has 0 radical (unpaired) electrons. The summed E-state index contributed by atoms with van der Waals surface area (Å²) in [6, 6.07) is 15.3. The maximum Gasteiger partial charge on any atom is 0.171 e. The topological polar surface area (TPSA) is 78.5 Å². The Morgan fingerprint density at radius 3 is 2.79 bits per heavy atom. The monoisotopic (exact) mass is 266 g/mol. The van der Waals surface area contributed by atoms with Crippen LogP contribution in [0.15, 0.2) is 52.5 Å². The Bertz CT molecular complexity index is 752. The van der Waals surface area contributed by atoms with Crippen LogP contribution in [-0.4, -0.2) is 9.97 Å². The number of nitriles is 1. The molecule has 0 aliphatic heterocycles. The third kappa shape index (κ3) is 2.26. The van der Waals surface area contributed by atoms with E-state index in [9.17, 15) is 0 Å². The minimum Gasteiger partial charge on any atom is -0.398 e. The first-order valence-corrected chi connectivity index (χ1v) is 6.50. The number of benzene rings is 2. The predicted octanol–water partition coefficient (Wildman–Crippen LogP) is 3.17. The average Bonchev–Trinajstić information content (AvgIpc) is 2.81. The van der Waals surface area contributed by atoms with Gasteiger partial charge in [0, 0.05) is 4.90 Å². The summed E-state index contributed by atoms with van der Waals surface area (Å²) in [5, 5.41) is 9.65. The number of nitrogen functional groups attached to an aromatic ring is 1. The van der Waals surface area contributed by atoms with Gasteiger partial charge in [-0.1, -0.05) is 23.9 Å². The van der Waals surface area contributed by atoms with Crippen LogP contribution in [0.25, 0.3) is 11.0 Å². The molecule has 2 aromatic carbocycles. The zero-order valence-corrected chi connectivity index (χ0v) is 10.7. The number of para-hydroxylation sites is 2. The van der Waals surface area contributed by atoms with E-state index in [1.54, 1.807) is 12.1 Å². The zero-order chi connectivity index (χ0) is 13.2. The number of nitrogens with zero attached hydrogens (tertiary/aromatic N) is 2. The molecule has 0 atom stereocenters. The van der Waals surface area contributed by atoms with Gasteiger partial charge in [0.15, 0.2) is 5.16 Å². The first-order chi connectivity index (χ1) is 9.26. The van der Waals surface area contributed by atoms with Gasteiger partial charge in [0.1, 0.15) is 6.07 Å². The summed E-state index contributed by atoms with van der Waals surface area (Å²) in [4.78, 5) is 8.67. The summed E-state index contributed by atoms with van der Waals surface area (Å²) in [7, 11) is 0. The maximum absolute atomic E-state index is 8.84. The third-order valence-corrected chi connectivity index (χ3v) is 3.60. The fourth-order valence-electron chi connectivity index (χ4n) is 1.80. The number of anilines is 1. The molecule has 0 saturated heterocycles. The van der Waals surface area contributed by atoms with Gasteiger partial charge in [0.2, 0.25) is 0 Å². The summed E-state index contributed by atoms with van der Waals surface area (Å²) in [6.45, 7) is 0. The number of fused-ring (bicyclic) bond motifs is 1. The molecule has 0 aliphatic rings. The van der Waals surface area contributed by atoms with Crippen molar-refractivity contribution in [2.24, 2.45) is 0 Å². The molecule has 19 heavy (non-hydrogen) atoms. The molecule has 0 bridgehead atoms. The smallest absolute Gasteiger partial charge is 0.171 e. The second kappa shape index (κ2) is 4.67. The number of hydrogen-bond donors (Lipinski definition) is 2. The van der Waals surface area contributed by atoms with E-state index >= 15 is 0 Å². The van der Waals surface area contributed by atoms with E-state index in [-0.39, 0.29) is 0 Å². The van der Waals surface area contributed by atoms with Crippen LogP contribution in [0.2, 0.25) is 0 Å². The van der Waals surface area contributed by atoms with Gasteiger partial charge in [-0.25, -0.2) is 4.98 Å². The minimum atomic E-state index is 0.489. The summed E-state index contributed by atoms with van der Waals surface area (Å²) < 4.78 is 0. The van der Waals surface area contributed by atoms with Crippen molar-refractivity contribution in [1.82, 2.24) is 9.97 Å². The van der Waals surface area contributed by atoms with Crippen LogP contribution in [0.5, 0.6) is 0 Å². The van der Waals surface area contributed by atoms with Crippen molar-refractivity contribution >= 4 is 28.5 Å². The van der Waals surface area contributed by atoms with Crippen LogP contribution in [-0.2, 0) is 0 Å². The lowest BCUT2D eigenvalue weighted by atomic mass is 10.2. The Kier molecular flexibility index (Phi) is 2.86. The predicted molar refractivity (Wildman–Crippen MR) is 75.8 cm³/mol. The lowest BCUT2D eigenvalue weighted by molar-refractivity contribution is 1.08. The number of H-pyrrole nitrogens is 1. The van der Waals surface area contributed by atoms with Crippen LogP contribution in [0.3, 0.4) is 0 Å². The summed E-state index contributed by atoms with van der Waals surface area (Å²) in [5.74, 6) is 0. The molecule has 5 heteroatoms. The van der Waals surface area contributed by atoms with Crippen molar-refractivity contribution in [3.05, 3.63) is 48.0 Å². The van der Waals surface area contributed by atoms with Gasteiger partial charge in [0.05, 0.1) is 22.3 Å². The van der Waals surface area contributed by atoms with E-state index in [1.807, 2.05) is 30.3 Å². The molecule has 3 rings (SSSR count). The van der Waals surface area contributed by atoms with E-state index in [2.05, 4.69) is 16.0 Å². The SMILES string of the molecule is N#Cc1ccc(Sc2nc3ccccc3[nH]2)cc1N. The molecular formula is C14H10N4S. The molecule has 4 nitrogen and oxygen atoms in total. The number of aromatic nitrogens is 2. The van der Waals surface area contributed by atoms with E-state index < -0.39 is 0 Å². The van der Waals surface area contributed by atoms with E-state index in [0.29, 0.717) is 11.3 Å². The van der Waals surface area contributed by atoms with Crippen molar-refractivity contribution in [3.63, 3.8) is 0 Å². The molecular weight excluding hydrogens is 256 g/mol. The van der Waals surface area contributed by atoms with Crippen molar-refractivity contribution in [1.29, 1.82) is 5.26 Å². The van der Waals surface area contributed by atoms with Crippen LogP contribution in [0, 0.1) is 11.3 Å². The van der Waals surface area contributed by atoms with Gasteiger partial charge in [-0.05, 0) is 30.3 Å². The molecule has 1 aromatic heterocycles. The van der Waals surface area contributed by atoms with Crippen molar-refractivity contribution in [2.75, 3.05) is 5.73 Å². The van der Waals surface area contributed by atoms with Crippen LogP contribution < -0.4 is 5.73 Å². The van der Waals surface area contributed by atoms with E-state index in [1.165, 1.54) is 11.8 Å². The highest BCUT2D eigenvalue weighted by Gasteiger charge is 2.06. The lowest BCUT2D eigenvalue weighted by Gasteiger charge is -2.01. The molecule has 0 unspecified atom stereocenters. The molecule has 1 heterocycles. The number of nitrogens with two attached hydrogens (primary N) is 1. The van der Waals surface area contributed by atoms with Crippen molar-refractivity contribution in [3.8, 4) is 6.07 Å². The quantitative estimate of drug-likeness (QED) is 0.698. The Balaban J connectivity index is 1.92. The second-order valence-electron chi connectivity index (χ2n) is 4.02. The molecule has 3 aromatic rings. The molecule has 3 N–H and O–H groups in total. The number of aromatic amines is 1. The van der Waals surface area contributed by atoms with E-state index in [0.717, 1.165) is 21.1 Å². The first kappa shape index (κ1) is 11.6. The maximum atomic E-state index is 8.84. The van der Waals surface area contributed by atoms with Gasteiger partial charge in [-0.3, -0.25) is 0 Å². The number of imidazole rings is 1. The normalized spacial score (nSPS) is 10.5. The Morgan fingerprint density at radius 1 is 1.21 bits per heavy atom. The van der Waals surface area contributed by atoms with Crippen molar-refractivity contribution in [2.45, 2.75) is 10.1 Å². The fraction of sp³-hybridized carbons (Fsp3) is 0. The number of rotatable bonds is 2. The molecule has 92 valence electrons.